The van der Waals surface area contributed by atoms with Crippen LogP contribution < -0.4 is 5.32 Å². The molecule has 0 aromatic heterocycles. The summed E-state index contributed by atoms with van der Waals surface area (Å²) >= 11 is 0. The Kier molecular flexibility index (Phi) is 8.91. The van der Waals surface area contributed by atoms with E-state index < -0.39 is 28.7 Å². The van der Waals surface area contributed by atoms with E-state index in [0.717, 1.165) is 11.3 Å². The van der Waals surface area contributed by atoms with Gasteiger partial charge in [-0.05, 0) is 37.1 Å². The number of esters is 2. The third-order valence-corrected chi connectivity index (χ3v) is 5.96. The number of aliphatic imine (C=N–C) groups is 1. The standard InChI is InChI=1S/C26H29N3O7/c1-16-22(25(31)35-3)24(19-5-4-6-21(15-19)29(33)34)23(17(2)28-16)26(32)36-14-11-18-7-9-20(10-8-18)27-12-13-30/h4-10,15,22,24,27,30H,11-14H2,1-3H3. The van der Waals surface area contributed by atoms with E-state index in [1.54, 1.807) is 19.9 Å². The number of aliphatic hydroxyl groups excluding tert-OH is 1. The van der Waals surface area contributed by atoms with E-state index in [0.29, 0.717) is 29.9 Å². The molecular weight excluding hydrogens is 466 g/mol. The number of ether oxygens (including phenoxy) is 2. The van der Waals surface area contributed by atoms with Crippen molar-refractivity contribution in [2.24, 2.45) is 10.9 Å². The minimum atomic E-state index is -0.929. The number of carbonyl (C=O) groups excluding carboxylic acids is 2. The van der Waals surface area contributed by atoms with Gasteiger partial charge in [-0.1, -0.05) is 24.3 Å². The van der Waals surface area contributed by atoms with E-state index in [-0.39, 0.29) is 24.5 Å². The van der Waals surface area contributed by atoms with Gasteiger partial charge in [-0.2, -0.15) is 0 Å². The zero-order valence-corrected chi connectivity index (χ0v) is 20.4. The quantitative estimate of drug-likeness (QED) is 0.290. The molecule has 2 atom stereocenters. The van der Waals surface area contributed by atoms with Crippen LogP contribution in [0.4, 0.5) is 11.4 Å². The Morgan fingerprint density at radius 2 is 1.89 bits per heavy atom. The summed E-state index contributed by atoms with van der Waals surface area (Å²) in [6, 6.07) is 13.4. The summed E-state index contributed by atoms with van der Waals surface area (Å²) < 4.78 is 10.6. The van der Waals surface area contributed by atoms with Crippen molar-refractivity contribution in [1.82, 2.24) is 0 Å². The van der Waals surface area contributed by atoms with Crippen LogP contribution in [0.1, 0.15) is 30.9 Å². The van der Waals surface area contributed by atoms with Crippen LogP contribution in [0.3, 0.4) is 0 Å². The molecule has 3 rings (SSSR count). The zero-order valence-electron chi connectivity index (χ0n) is 20.4. The Bertz CT molecular complexity index is 1190. The van der Waals surface area contributed by atoms with Crippen LogP contribution in [0.15, 0.2) is 64.8 Å². The van der Waals surface area contributed by atoms with Crippen molar-refractivity contribution < 1.29 is 29.1 Å². The van der Waals surface area contributed by atoms with Crippen molar-refractivity contribution in [3.63, 3.8) is 0 Å². The molecule has 1 heterocycles. The summed E-state index contributed by atoms with van der Waals surface area (Å²) in [6.45, 7) is 3.88. The molecule has 0 amide bonds. The maximum atomic E-state index is 13.3. The van der Waals surface area contributed by atoms with Crippen LogP contribution in [0.2, 0.25) is 0 Å². The van der Waals surface area contributed by atoms with E-state index in [4.69, 9.17) is 14.6 Å². The summed E-state index contributed by atoms with van der Waals surface area (Å²) in [4.78, 5) is 41.2. The molecule has 2 aromatic rings. The van der Waals surface area contributed by atoms with Crippen molar-refractivity contribution in [3.05, 3.63) is 81.0 Å². The van der Waals surface area contributed by atoms with Gasteiger partial charge in [0.15, 0.2) is 0 Å². The lowest BCUT2D eigenvalue weighted by molar-refractivity contribution is -0.384. The van der Waals surface area contributed by atoms with Gasteiger partial charge in [0.2, 0.25) is 0 Å². The number of nitrogens with zero attached hydrogens (tertiary/aromatic N) is 2. The highest BCUT2D eigenvalue weighted by Crippen LogP contribution is 2.40. The average Bonchev–Trinajstić information content (AvgIpc) is 2.87. The molecule has 0 saturated heterocycles. The monoisotopic (exact) mass is 495 g/mol. The first-order valence-electron chi connectivity index (χ1n) is 11.5. The van der Waals surface area contributed by atoms with Crippen LogP contribution in [-0.4, -0.2) is 54.5 Å². The Balaban J connectivity index is 1.84. The van der Waals surface area contributed by atoms with Gasteiger partial charge in [-0.3, -0.25) is 19.9 Å². The SMILES string of the molecule is COC(=O)C1C(C)=NC(C)=C(C(=O)OCCc2ccc(NCCO)cc2)C1c1cccc([N+](=O)[O-])c1. The maximum Gasteiger partial charge on any atom is 0.336 e. The number of nitro groups is 1. The number of nitrogens with one attached hydrogen (secondary N) is 1. The lowest BCUT2D eigenvalue weighted by Gasteiger charge is -2.31. The second kappa shape index (κ2) is 12.1. The molecule has 10 heteroatoms. The highest BCUT2D eigenvalue weighted by molar-refractivity contribution is 6.07. The molecule has 2 N–H and O–H groups in total. The maximum absolute atomic E-state index is 13.3. The van der Waals surface area contributed by atoms with Crippen LogP contribution >= 0.6 is 0 Å². The molecule has 0 saturated carbocycles. The number of allylic oxidation sites excluding steroid dienone is 1. The summed E-state index contributed by atoms with van der Waals surface area (Å²) in [5.74, 6) is -3.02. The first-order chi connectivity index (χ1) is 17.3. The zero-order chi connectivity index (χ0) is 26.2. The topological polar surface area (TPSA) is 140 Å². The number of hydrogen-bond donors (Lipinski definition) is 2. The summed E-state index contributed by atoms with van der Waals surface area (Å²) in [5, 5.41) is 23.3. The molecule has 0 spiro atoms. The second-order valence-corrected chi connectivity index (χ2v) is 8.32. The molecule has 0 bridgehead atoms. The van der Waals surface area contributed by atoms with E-state index in [9.17, 15) is 19.7 Å². The van der Waals surface area contributed by atoms with Crippen molar-refractivity contribution >= 4 is 29.0 Å². The Hall–Kier alpha value is -4.05. The summed E-state index contributed by atoms with van der Waals surface area (Å²) in [7, 11) is 1.24. The van der Waals surface area contributed by atoms with Gasteiger partial charge in [0, 0.05) is 48.1 Å². The second-order valence-electron chi connectivity index (χ2n) is 8.32. The molecular formula is C26H29N3O7. The number of benzene rings is 2. The van der Waals surface area contributed by atoms with E-state index in [2.05, 4.69) is 10.3 Å². The van der Waals surface area contributed by atoms with Gasteiger partial charge in [-0.25, -0.2) is 4.79 Å². The minimum Gasteiger partial charge on any atom is -0.468 e. The highest BCUT2D eigenvalue weighted by Gasteiger charge is 2.42. The third kappa shape index (κ3) is 6.14. The number of aliphatic hydroxyl groups is 1. The van der Waals surface area contributed by atoms with Gasteiger partial charge in [0.1, 0.15) is 5.92 Å². The van der Waals surface area contributed by atoms with Gasteiger partial charge in [0.05, 0.1) is 30.8 Å². The average molecular weight is 496 g/mol. The number of anilines is 1. The van der Waals surface area contributed by atoms with Gasteiger partial charge in [-0.15, -0.1) is 0 Å². The Labute approximate surface area is 208 Å². The third-order valence-electron chi connectivity index (χ3n) is 5.96. The van der Waals surface area contributed by atoms with Crippen LogP contribution in [-0.2, 0) is 25.5 Å². The fourth-order valence-corrected chi connectivity index (χ4v) is 4.26. The van der Waals surface area contributed by atoms with E-state index in [1.165, 1.54) is 25.3 Å². The number of carbonyl (C=O) groups is 2. The van der Waals surface area contributed by atoms with E-state index in [1.807, 2.05) is 24.3 Å². The van der Waals surface area contributed by atoms with Crippen LogP contribution in [0.5, 0.6) is 0 Å². The van der Waals surface area contributed by atoms with Crippen molar-refractivity contribution in [3.8, 4) is 0 Å². The summed E-state index contributed by atoms with van der Waals surface area (Å²) in [5.41, 5.74) is 3.08. The first kappa shape index (κ1) is 26.6. The molecule has 10 nitrogen and oxygen atoms in total. The number of non-ortho nitro benzene ring substituents is 1. The molecule has 2 aromatic carbocycles. The number of hydrogen-bond acceptors (Lipinski definition) is 9. The van der Waals surface area contributed by atoms with E-state index >= 15 is 0 Å². The van der Waals surface area contributed by atoms with Gasteiger partial charge in [0.25, 0.3) is 5.69 Å². The fourth-order valence-electron chi connectivity index (χ4n) is 4.26. The van der Waals surface area contributed by atoms with Gasteiger partial charge < -0.3 is 19.9 Å². The predicted molar refractivity (Wildman–Crippen MR) is 134 cm³/mol. The molecule has 36 heavy (non-hydrogen) atoms. The van der Waals surface area contributed by atoms with Gasteiger partial charge >= 0.3 is 11.9 Å². The van der Waals surface area contributed by atoms with Crippen LogP contribution in [0, 0.1) is 16.0 Å². The number of nitro benzene ring substituents is 1. The predicted octanol–water partition coefficient (Wildman–Crippen LogP) is 3.41. The molecule has 0 aliphatic carbocycles. The largest absolute Gasteiger partial charge is 0.468 e. The van der Waals surface area contributed by atoms with Crippen molar-refractivity contribution in [2.45, 2.75) is 26.2 Å². The fraction of sp³-hybridized carbons (Fsp3) is 0.346. The first-order valence-corrected chi connectivity index (χ1v) is 11.5. The molecule has 190 valence electrons. The summed E-state index contributed by atoms with van der Waals surface area (Å²) in [6.07, 6.45) is 0.461. The number of methoxy groups -OCH3 is 1. The molecule has 0 fully saturated rings. The molecule has 2 unspecified atom stereocenters. The van der Waals surface area contributed by atoms with Crippen LogP contribution in [0.25, 0.3) is 0 Å². The minimum absolute atomic E-state index is 0.0324. The molecule has 1 aliphatic heterocycles. The lowest BCUT2D eigenvalue weighted by atomic mass is 9.75. The van der Waals surface area contributed by atoms with Crippen molar-refractivity contribution in [2.75, 3.05) is 32.2 Å². The highest BCUT2D eigenvalue weighted by atomic mass is 16.6. The molecule has 0 radical (unpaired) electrons. The molecule has 1 aliphatic rings. The van der Waals surface area contributed by atoms with Crippen molar-refractivity contribution in [1.29, 1.82) is 0 Å². The Morgan fingerprint density at radius 3 is 2.53 bits per heavy atom. The normalized spacial score (nSPS) is 17.3. The number of rotatable bonds is 10. The lowest BCUT2D eigenvalue weighted by Crippen LogP contribution is -2.36. The Morgan fingerprint density at radius 1 is 1.17 bits per heavy atom. The smallest absolute Gasteiger partial charge is 0.336 e.